The highest BCUT2D eigenvalue weighted by Gasteiger charge is 2.27. The summed E-state index contributed by atoms with van der Waals surface area (Å²) in [5.74, 6) is 0.0211. The molecule has 2 saturated carbocycles. The van der Waals surface area contributed by atoms with E-state index in [1.807, 2.05) is 0 Å². The number of piperidine rings is 1. The van der Waals surface area contributed by atoms with Gasteiger partial charge in [0, 0.05) is 31.1 Å². The molecule has 0 atom stereocenters. The maximum Gasteiger partial charge on any atom is 0.255 e. The monoisotopic (exact) mass is 394 g/mol. The number of rotatable bonds is 4. The summed E-state index contributed by atoms with van der Waals surface area (Å²) in [6, 6.07) is 2.24. The fourth-order valence-corrected chi connectivity index (χ4v) is 3.27. The zero-order valence-corrected chi connectivity index (χ0v) is 16.5. The first kappa shape index (κ1) is 19.4. The van der Waals surface area contributed by atoms with Crippen molar-refractivity contribution in [3.05, 3.63) is 23.7 Å². The lowest BCUT2D eigenvalue weighted by atomic mass is 9.99. The molecule has 8 heteroatoms. The minimum Gasteiger partial charge on any atom is -0.344 e. The Labute approximate surface area is 169 Å². The van der Waals surface area contributed by atoms with Crippen LogP contribution in [0.3, 0.4) is 0 Å². The van der Waals surface area contributed by atoms with Crippen LogP contribution in [0.4, 0.5) is 0 Å². The van der Waals surface area contributed by atoms with Crippen LogP contribution in [0.25, 0.3) is 11.2 Å². The predicted molar refractivity (Wildman–Crippen MR) is 107 cm³/mol. The van der Waals surface area contributed by atoms with Gasteiger partial charge in [0.15, 0.2) is 5.65 Å². The third-order valence-corrected chi connectivity index (χ3v) is 5.42. The van der Waals surface area contributed by atoms with Gasteiger partial charge in [-0.3, -0.25) is 9.59 Å². The summed E-state index contributed by atoms with van der Waals surface area (Å²) >= 11 is 0. The Balaban J connectivity index is 0.000000626. The normalized spacial score (nSPS) is 18.5. The maximum absolute atomic E-state index is 12.5. The Morgan fingerprint density at radius 3 is 2.55 bits per heavy atom. The number of nitrogens with zero attached hydrogens (tertiary/aromatic N) is 4. The number of nitriles is 1. The van der Waals surface area contributed by atoms with Crippen LogP contribution < -0.4 is 5.32 Å². The molecule has 3 aliphatic rings. The van der Waals surface area contributed by atoms with Crippen LogP contribution in [0, 0.1) is 17.2 Å². The lowest BCUT2D eigenvalue weighted by Crippen LogP contribution is -2.44. The number of likely N-dealkylation sites (tertiary alicyclic amines) is 1. The van der Waals surface area contributed by atoms with E-state index in [0.29, 0.717) is 48.6 Å². The van der Waals surface area contributed by atoms with Crippen LogP contribution in [0.5, 0.6) is 0 Å². The van der Waals surface area contributed by atoms with Crippen LogP contribution in [-0.2, 0) is 4.79 Å². The zero-order chi connectivity index (χ0) is 20.2. The van der Waals surface area contributed by atoms with Crippen LogP contribution in [-0.4, -0.2) is 51.3 Å². The van der Waals surface area contributed by atoms with Gasteiger partial charge in [0.2, 0.25) is 5.91 Å². The van der Waals surface area contributed by atoms with Gasteiger partial charge in [-0.05, 0) is 25.7 Å². The molecule has 2 aliphatic carbocycles. The lowest BCUT2D eigenvalue weighted by molar-refractivity contribution is -0.131. The quantitative estimate of drug-likeness (QED) is 0.827. The standard InChI is InChI=1S/C18H20N6O2.C3H6/c19-7-11-3-5-24(6-4-11)15(25)10-22-18(26)13-8-20-17-16(13)23-14(9-21-17)12-1-2-12;1-2-3-1/h8-9,11-12H,1-6,10H2,(H,20,21)(H,22,26);1-3H2. The number of carbonyl (C=O) groups is 2. The Hall–Kier alpha value is -2.95. The molecule has 1 aliphatic heterocycles. The average molecular weight is 394 g/mol. The molecule has 0 radical (unpaired) electrons. The largest absolute Gasteiger partial charge is 0.344 e. The summed E-state index contributed by atoms with van der Waals surface area (Å²) < 4.78 is 0. The van der Waals surface area contributed by atoms with Gasteiger partial charge in [-0.2, -0.15) is 5.26 Å². The van der Waals surface area contributed by atoms with Gasteiger partial charge in [-0.15, -0.1) is 0 Å². The topological polar surface area (TPSA) is 115 Å². The fourth-order valence-electron chi connectivity index (χ4n) is 3.27. The molecule has 29 heavy (non-hydrogen) atoms. The minimum atomic E-state index is -0.334. The Kier molecular flexibility index (Phi) is 5.74. The minimum absolute atomic E-state index is 0.0269. The van der Waals surface area contributed by atoms with E-state index in [1.165, 1.54) is 19.3 Å². The van der Waals surface area contributed by atoms with E-state index < -0.39 is 0 Å². The van der Waals surface area contributed by atoms with Gasteiger partial charge >= 0.3 is 0 Å². The number of fused-ring (bicyclic) bond motifs is 1. The highest BCUT2D eigenvalue weighted by Crippen LogP contribution is 2.39. The van der Waals surface area contributed by atoms with Crippen molar-refractivity contribution in [2.75, 3.05) is 19.6 Å². The van der Waals surface area contributed by atoms with Gasteiger partial charge in [0.1, 0.15) is 5.52 Å². The molecule has 3 fully saturated rings. The van der Waals surface area contributed by atoms with Gasteiger partial charge in [0.25, 0.3) is 5.91 Å². The second-order valence-corrected chi connectivity index (χ2v) is 8.00. The molecular weight excluding hydrogens is 368 g/mol. The Morgan fingerprint density at radius 1 is 1.21 bits per heavy atom. The van der Waals surface area contributed by atoms with Gasteiger partial charge in [-0.25, -0.2) is 9.97 Å². The number of carbonyl (C=O) groups excluding carboxylic acids is 2. The fraction of sp³-hybridized carbons (Fsp3) is 0.571. The second kappa shape index (κ2) is 8.60. The van der Waals surface area contributed by atoms with Crippen molar-refractivity contribution in [1.29, 1.82) is 5.26 Å². The molecule has 0 unspecified atom stereocenters. The van der Waals surface area contributed by atoms with Gasteiger partial charge in [-0.1, -0.05) is 19.3 Å². The Bertz CT molecular complexity index is 930. The summed E-state index contributed by atoms with van der Waals surface area (Å²) in [7, 11) is 0. The summed E-state index contributed by atoms with van der Waals surface area (Å²) in [6.45, 7) is 1.07. The molecule has 1 saturated heterocycles. The van der Waals surface area contributed by atoms with Crippen molar-refractivity contribution in [2.24, 2.45) is 5.92 Å². The van der Waals surface area contributed by atoms with Crippen molar-refractivity contribution < 1.29 is 9.59 Å². The molecule has 5 rings (SSSR count). The maximum atomic E-state index is 12.5. The number of hydrogen-bond donors (Lipinski definition) is 2. The molecular formula is C21H26N6O2. The van der Waals surface area contributed by atoms with Crippen molar-refractivity contribution >= 4 is 23.0 Å². The van der Waals surface area contributed by atoms with Crippen LogP contribution in [0.1, 0.15) is 66.9 Å². The van der Waals surface area contributed by atoms with E-state index >= 15 is 0 Å². The summed E-state index contributed by atoms with van der Waals surface area (Å²) in [5, 5.41) is 11.6. The Morgan fingerprint density at radius 2 is 1.93 bits per heavy atom. The second-order valence-electron chi connectivity index (χ2n) is 8.00. The van der Waals surface area contributed by atoms with Gasteiger partial charge in [0.05, 0.1) is 30.1 Å². The molecule has 0 spiro atoms. The smallest absolute Gasteiger partial charge is 0.255 e. The van der Waals surface area contributed by atoms with E-state index in [1.54, 1.807) is 17.3 Å². The number of amides is 2. The predicted octanol–water partition coefficient (Wildman–Crippen LogP) is 2.50. The van der Waals surface area contributed by atoms with E-state index in [-0.39, 0.29) is 24.3 Å². The van der Waals surface area contributed by atoms with E-state index in [2.05, 4.69) is 26.3 Å². The number of hydrogen-bond acceptors (Lipinski definition) is 5. The van der Waals surface area contributed by atoms with Crippen LogP contribution >= 0.6 is 0 Å². The first-order chi connectivity index (χ1) is 14.2. The van der Waals surface area contributed by atoms with Crippen LogP contribution in [0.2, 0.25) is 0 Å². The lowest BCUT2D eigenvalue weighted by Gasteiger charge is -2.29. The van der Waals surface area contributed by atoms with Crippen molar-refractivity contribution in [3.8, 4) is 6.07 Å². The molecule has 2 aromatic rings. The number of aromatic nitrogens is 3. The molecule has 152 valence electrons. The molecule has 2 N–H and O–H groups in total. The number of nitrogens with one attached hydrogen (secondary N) is 2. The average Bonchev–Trinajstić information content (AvgIpc) is 3.67. The highest BCUT2D eigenvalue weighted by molar-refractivity contribution is 6.05. The third-order valence-electron chi connectivity index (χ3n) is 5.42. The van der Waals surface area contributed by atoms with E-state index in [0.717, 1.165) is 18.5 Å². The van der Waals surface area contributed by atoms with Crippen molar-refractivity contribution in [2.45, 2.75) is 50.9 Å². The molecule has 2 amide bonds. The zero-order valence-electron chi connectivity index (χ0n) is 16.5. The summed E-state index contributed by atoms with van der Waals surface area (Å²) in [6.07, 6.45) is 11.5. The molecule has 3 heterocycles. The number of H-pyrrole nitrogens is 1. The third kappa shape index (κ3) is 4.91. The molecule has 8 nitrogen and oxygen atoms in total. The highest BCUT2D eigenvalue weighted by atomic mass is 16.2. The number of aromatic amines is 1. The molecule has 0 aromatic carbocycles. The van der Waals surface area contributed by atoms with Gasteiger partial charge < -0.3 is 15.2 Å². The first-order valence-electron chi connectivity index (χ1n) is 10.5. The molecule has 2 aromatic heterocycles. The van der Waals surface area contributed by atoms with Crippen molar-refractivity contribution in [1.82, 2.24) is 25.2 Å². The van der Waals surface area contributed by atoms with Crippen LogP contribution in [0.15, 0.2) is 12.4 Å². The molecule has 0 bridgehead atoms. The van der Waals surface area contributed by atoms with E-state index in [4.69, 9.17) is 5.26 Å². The SMILES string of the molecule is C1CC1.N#CC1CCN(C(=O)CNC(=O)c2c[nH]c3ncc(C4CC4)nc23)CC1. The first-order valence-corrected chi connectivity index (χ1v) is 10.5. The van der Waals surface area contributed by atoms with E-state index in [9.17, 15) is 9.59 Å². The summed E-state index contributed by atoms with van der Waals surface area (Å²) in [4.78, 5) is 38.3. The summed E-state index contributed by atoms with van der Waals surface area (Å²) in [5.41, 5.74) is 2.45. The van der Waals surface area contributed by atoms with Crippen molar-refractivity contribution in [3.63, 3.8) is 0 Å².